The number of rotatable bonds is 4. The number of esters is 1. The number of fused-ring (bicyclic) bond motifs is 1. The van der Waals surface area contributed by atoms with Gasteiger partial charge in [-0.05, 0) is 31.7 Å². The summed E-state index contributed by atoms with van der Waals surface area (Å²) >= 11 is 1.47. The monoisotopic (exact) mass is 305 g/mol. The Kier molecular flexibility index (Phi) is 3.74. The molecule has 0 aliphatic heterocycles. The molecule has 1 aliphatic carbocycles. The van der Waals surface area contributed by atoms with Crippen molar-refractivity contribution in [2.24, 2.45) is 0 Å². The van der Waals surface area contributed by atoms with Crippen LogP contribution in [0.25, 0.3) is 0 Å². The van der Waals surface area contributed by atoms with Gasteiger partial charge >= 0.3 is 5.97 Å². The van der Waals surface area contributed by atoms with E-state index in [0.717, 1.165) is 24.8 Å². The number of ether oxygens (including phenoxy) is 1. The third-order valence-corrected chi connectivity index (χ3v) is 4.60. The normalized spacial score (nSPS) is 13.0. The van der Waals surface area contributed by atoms with E-state index >= 15 is 0 Å². The second-order valence-corrected chi connectivity index (χ2v) is 5.83. The number of H-pyrrole nitrogens is 1. The molecule has 1 amide bonds. The Morgan fingerprint density at radius 2 is 2.33 bits per heavy atom. The molecule has 7 heteroatoms. The summed E-state index contributed by atoms with van der Waals surface area (Å²) in [6.07, 6.45) is 5.82. The third kappa shape index (κ3) is 2.56. The van der Waals surface area contributed by atoms with Crippen LogP contribution in [0.3, 0.4) is 0 Å². The zero-order chi connectivity index (χ0) is 14.8. The van der Waals surface area contributed by atoms with E-state index in [1.165, 1.54) is 28.6 Å². The molecule has 0 bridgehead atoms. The first kappa shape index (κ1) is 13.8. The van der Waals surface area contributed by atoms with E-state index < -0.39 is 0 Å². The molecule has 0 atom stereocenters. The van der Waals surface area contributed by atoms with Crippen LogP contribution in [-0.4, -0.2) is 28.7 Å². The van der Waals surface area contributed by atoms with Gasteiger partial charge in [-0.15, -0.1) is 11.3 Å². The number of carbonyl (C=O) groups excluding carboxylic acids is 2. The molecule has 2 aromatic rings. The lowest BCUT2D eigenvalue weighted by atomic mass is 10.1. The zero-order valence-electron chi connectivity index (χ0n) is 11.6. The van der Waals surface area contributed by atoms with E-state index in [1.54, 1.807) is 6.92 Å². The summed E-state index contributed by atoms with van der Waals surface area (Å²) in [4.78, 5) is 25.5. The number of hydrogen-bond acceptors (Lipinski definition) is 5. The van der Waals surface area contributed by atoms with E-state index in [1.807, 2.05) is 0 Å². The van der Waals surface area contributed by atoms with Crippen molar-refractivity contribution >= 4 is 28.2 Å². The maximum absolute atomic E-state index is 12.2. The highest BCUT2D eigenvalue weighted by Gasteiger charge is 2.28. The van der Waals surface area contributed by atoms with Crippen molar-refractivity contribution in [1.29, 1.82) is 0 Å². The molecule has 21 heavy (non-hydrogen) atoms. The van der Waals surface area contributed by atoms with Crippen molar-refractivity contribution in [3.8, 4) is 0 Å². The molecule has 110 valence electrons. The maximum atomic E-state index is 12.2. The number of anilines is 1. The lowest BCUT2D eigenvalue weighted by Crippen LogP contribution is -2.14. The van der Waals surface area contributed by atoms with E-state index in [4.69, 9.17) is 4.74 Å². The summed E-state index contributed by atoms with van der Waals surface area (Å²) in [5.41, 5.74) is 1.98. The van der Waals surface area contributed by atoms with E-state index in [2.05, 4.69) is 15.5 Å². The highest BCUT2D eigenvalue weighted by atomic mass is 32.1. The highest BCUT2D eigenvalue weighted by Crippen LogP contribution is 2.39. The van der Waals surface area contributed by atoms with Gasteiger partial charge in [-0.3, -0.25) is 9.89 Å². The molecule has 1 aliphatic rings. The number of nitrogens with zero attached hydrogens (tertiary/aromatic N) is 1. The smallest absolute Gasteiger partial charge is 0.341 e. The van der Waals surface area contributed by atoms with Crippen molar-refractivity contribution < 1.29 is 14.3 Å². The van der Waals surface area contributed by atoms with Gasteiger partial charge in [0, 0.05) is 11.1 Å². The minimum atomic E-state index is -0.362. The number of nitrogens with one attached hydrogen (secondary N) is 2. The predicted octanol–water partition coefficient (Wildman–Crippen LogP) is 2.39. The van der Waals surface area contributed by atoms with Crippen molar-refractivity contribution in [3.05, 3.63) is 34.0 Å². The minimum absolute atomic E-state index is 0.283. The van der Waals surface area contributed by atoms with Crippen LogP contribution in [0.4, 0.5) is 5.00 Å². The fraction of sp³-hybridized carbons (Fsp3) is 0.357. The second-order valence-electron chi connectivity index (χ2n) is 4.72. The molecule has 0 saturated heterocycles. The van der Waals surface area contributed by atoms with Crippen LogP contribution in [-0.2, 0) is 17.6 Å². The van der Waals surface area contributed by atoms with Crippen LogP contribution in [0.5, 0.6) is 0 Å². The summed E-state index contributed by atoms with van der Waals surface area (Å²) in [5, 5.41) is 9.72. The van der Waals surface area contributed by atoms with Crippen LogP contribution >= 0.6 is 11.3 Å². The summed E-state index contributed by atoms with van der Waals surface area (Å²) in [7, 11) is 0. The lowest BCUT2D eigenvalue weighted by Gasteiger charge is -2.07. The Morgan fingerprint density at radius 3 is 3.05 bits per heavy atom. The van der Waals surface area contributed by atoms with Crippen molar-refractivity contribution in [2.75, 3.05) is 11.9 Å². The molecule has 0 fully saturated rings. The van der Waals surface area contributed by atoms with Crippen LogP contribution in [0.15, 0.2) is 12.4 Å². The number of aromatic amines is 1. The van der Waals surface area contributed by atoms with E-state index in [0.29, 0.717) is 22.7 Å². The number of aromatic nitrogens is 2. The Balaban J connectivity index is 1.91. The van der Waals surface area contributed by atoms with Crippen LogP contribution in [0, 0.1) is 0 Å². The first-order valence-corrected chi connectivity index (χ1v) is 7.64. The van der Waals surface area contributed by atoms with Gasteiger partial charge in [-0.1, -0.05) is 0 Å². The molecule has 2 N–H and O–H groups in total. The van der Waals surface area contributed by atoms with Gasteiger partial charge in [0.1, 0.15) is 5.00 Å². The number of thiophene rings is 1. The van der Waals surface area contributed by atoms with Crippen molar-refractivity contribution in [3.63, 3.8) is 0 Å². The Labute approximate surface area is 125 Å². The van der Waals surface area contributed by atoms with Crippen molar-refractivity contribution in [2.45, 2.75) is 26.2 Å². The van der Waals surface area contributed by atoms with E-state index in [-0.39, 0.29) is 11.9 Å². The molecule has 0 unspecified atom stereocenters. The molecule has 0 saturated carbocycles. The molecular weight excluding hydrogens is 290 g/mol. The standard InChI is InChI=1S/C14H15N3O3S/c1-2-20-14(19)11-9-4-3-5-10(9)21-13(11)17-12(18)8-6-15-16-7-8/h6-7H,2-5H2,1H3,(H,15,16)(H,17,18). The summed E-state index contributed by atoms with van der Waals surface area (Å²) < 4.78 is 5.12. The molecule has 0 radical (unpaired) electrons. The zero-order valence-corrected chi connectivity index (χ0v) is 12.4. The summed E-state index contributed by atoms with van der Waals surface area (Å²) in [5.74, 6) is -0.645. The van der Waals surface area contributed by atoms with Gasteiger partial charge in [0.2, 0.25) is 0 Å². The first-order chi connectivity index (χ1) is 10.2. The first-order valence-electron chi connectivity index (χ1n) is 6.82. The molecule has 2 heterocycles. The number of aryl methyl sites for hydroxylation is 1. The van der Waals surface area contributed by atoms with Gasteiger partial charge in [0.15, 0.2) is 0 Å². The molecule has 0 spiro atoms. The Hall–Kier alpha value is -2.15. The quantitative estimate of drug-likeness (QED) is 0.849. The second kappa shape index (κ2) is 5.69. The average Bonchev–Trinajstić information content (AvgIpc) is 3.14. The minimum Gasteiger partial charge on any atom is -0.462 e. The molecule has 2 aromatic heterocycles. The van der Waals surface area contributed by atoms with E-state index in [9.17, 15) is 9.59 Å². The fourth-order valence-electron chi connectivity index (χ4n) is 2.46. The van der Waals surface area contributed by atoms with Gasteiger partial charge < -0.3 is 10.1 Å². The lowest BCUT2D eigenvalue weighted by molar-refractivity contribution is 0.0527. The maximum Gasteiger partial charge on any atom is 0.341 e. The predicted molar refractivity (Wildman–Crippen MR) is 78.8 cm³/mol. The van der Waals surface area contributed by atoms with Crippen LogP contribution in [0.2, 0.25) is 0 Å². The largest absolute Gasteiger partial charge is 0.462 e. The summed E-state index contributed by atoms with van der Waals surface area (Å²) in [6, 6.07) is 0. The topological polar surface area (TPSA) is 84.1 Å². The number of carbonyl (C=O) groups is 2. The fourth-order valence-corrected chi connectivity index (χ4v) is 3.73. The molecular formula is C14H15N3O3S. The van der Waals surface area contributed by atoms with Crippen LogP contribution in [0.1, 0.15) is 44.5 Å². The number of hydrogen-bond donors (Lipinski definition) is 2. The molecule has 6 nitrogen and oxygen atoms in total. The van der Waals surface area contributed by atoms with Gasteiger partial charge in [-0.2, -0.15) is 5.10 Å². The number of amides is 1. The van der Waals surface area contributed by atoms with Gasteiger partial charge in [-0.25, -0.2) is 4.79 Å². The SMILES string of the molecule is CCOC(=O)c1c(NC(=O)c2cn[nH]c2)sc2c1CCC2. The highest BCUT2D eigenvalue weighted by molar-refractivity contribution is 7.17. The Morgan fingerprint density at radius 1 is 1.48 bits per heavy atom. The van der Waals surface area contributed by atoms with Gasteiger partial charge in [0.05, 0.1) is 23.9 Å². The van der Waals surface area contributed by atoms with Crippen molar-refractivity contribution in [1.82, 2.24) is 10.2 Å². The summed E-state index contributed by atoms with van der Waals surface area (Å²) in [6.45, 7) is 2.09. The molecule has 3 rings (SSSR count). The average molecular weight is 305 g/mol. The van der Waals surface area contributed by atoms with Crippen LogP contribution < -0.4 is 5.32 Å². The Bertz CT molecular complexity index is 676. The third-order valence-electron chi connectivity index (χ3n) is 3.39. The molecule has 0 aromatic carbocycles. The van der Waals surface area contributed by atoms with Gasteiger partial charge in [0.25, 0.3) is 5.91 Å².